The van der Waals surface area contributed by atoms with Crippen LogP contribution in [-0.4, -0.2) is 42.6 Å². The van der Waals surface area contributed by atoms with Crippen LogP contribution in [0.25, 0.3) is 0 Å². The Morgan fingerprint density at radius 1 is 1.27 bits per heavy atom. The van der Waals surface area contributed by atoms with Gasteiger partial charge in [-0.3, -0.25) is 4.79 Å². The van der Waals surface area contributed by atoms with E-state index in [2.05, 4.69) is 17.4 Å². The summed E-state index contributed by atoms with van der Waals surface area (Å²) in [5.41, 5.74) is 3.31. The van der Waals surface area contributed by atoms with Crippen LogP contribution in [0, 0.1) is 11.8 Å². The van der Waals surface area contributed by atoms with E-state index in [1.807, 2.05) is 19.9 Å². The number of alkyl halides is 3. The van der Waals surface area contributed by atoms with Crippen LogP contribution in [0.4, 0.5) is 13.2 Å². The maximum atomic E-state index is 11.8. The van der Waals surface area contributed by atoms with E-state index in [0.29, 0.717) is 11.5 Å². The number of carboxylic acid groups (broad SMARTS) is 1. The van der Waals surface area contributed by atoms with Crippen molar-refractivity contribution in [3.8, 4) is 5.75 Å². The third-order valence-electron chi connectivity index (χ3n) is 7.30. The van der Waals surface area contributed by atoms with Gasteiger partial charge in [0.15, 0.2) is 0 Å². The van der Waals surface area contributed by atoms with Gasteiger partial charge < -0.3 is 19.9 Å². The van der Waals surface area contributed by atoms with Gasteiger partial charge in [-0.25, -0.2) is 4.79 Å². The molecular weight excluding hydrogens is 439 g/mol. The van der Waals surface area contributed by atoms with Crippen molar-refractivity contribution in [3.05, 3.63) is 29.3 Å². The number of benzene rings is 1. The van der Waals surface area contributed by atoms with Crippen LogP contribution >= 0.6 is 0 Å². The number of piperidine rings is 1. The normalized spacial score (nSPS) is 26.6. The van der Waals surface area contributed by atoms with Crippen molar-refractivity contribution in [1.29, 1.82) is 0 Å². The summed E-state index contributed by atoms with van der Waals surface area (Å²) in [5.74, 6) is -1.42. The largest absolute Gasteiger partial charge is 0.490 e. The molecule has 4 rings (SSSR count). The van der Waals surface area contributed by atoms with E-state index >= 15 is 0 Å². The first kappa shape index (κ1) is 25.3. The molecule has 0 spiro atoms. The molecule has 9 heteroatoms. The summed E-state index contributed by atoms with van der Waals surface area (Å²) >= 11 is 0. The molecule has 1 aliphatic heterocycles. The van der Waals surface area contributed by atoms with Crippen LogP contribution in [0.3, 0.4) is 0 Å². The molecule has 1 aromatic rings. The van der Waals surface area contributed by atoms with Crippen molar-refractivity contribution in [2.45, 2.75) is 76.4 Å². The van der Waals surface area contributed by atoms with Gasteiger partial charge in [-0.2, -0.15) is 13.2 Å². The molecule has 2 aliphatic carbocycles. The average Bonchev–Trinajstić information content (AvgIpc) is 2.78. The van der Waals surface area contributed by atoms with Crippen molar-refractivity contribution >= 4 is 11.9 Å². The fourth-order valence-electron chi connectivity index (χ4n) is 5.46. The van der Waals surface area contributed by atoms with E-state index in [1.165, 1.54) is 43.2 Å². The lowest BCUT2D eigenvalue weighted by atomic mass is 9.53. The molecule has 1 aromatic carbocycles. The molecule has 3 aliphatic rings. The van der Waals surface area contributed by atoms with Crippen molar-refractivity contribution < 1.29 is 37.3 Å². The first-order valence-corrected chi connectivity index (χ1v) is 11.5. The second-order valence-corrected chi connectivity index (χ2v) is 9.18. The molecule has 0 aromatic heterocycles. The highest BCUT2D eigenvalue weighted by Gasteiger charge is 2.51. The Hall–Kier alpha value is -2.29. The molecule has 2 bridgehead atoms. The summed E-state index contributed by atoms with van der Waals surface area (Å²) in [4.78, 5) is 20.7. The zero-order valence-corrected chi connectivity index (χ0v) is 19.0. The SMILES string of the molecule is CCC(C)C(=O)OCOc1ccc2c(c1)[C@]13CCCC[C@@H]1[C@@H](C2)NCC3.O=C(O)C(F)(F)F. The van der Waals surface area contributed by atoms with Gasteiger partial charge in [0.2, 0.25) is 6.79 Å². The van der Waals surface area contributed by atoms with Gasteiger partial charge in [-0.1, -0.05) is 32.8 Å². The summed E-state index contributed by atoms with van der Waals surface area (Å²) in [6.07, 6.45) is 3.40. The van der Waals surface area contributed by atoms with Gasteiger partial charge in [0.1, 0.15) is 5.75 Å². The molecule has 2 N–H and O–H groups in total. The highest BCUT2D eigenvalue weighted by molar-refractivity contribution is 5.73. The number of rotatable bonds is 5. The summed E-state index contributed by atoms with van der Waals surface area (Å²) in [6.45, 7) is 5.00. The Morgan fingerprint density at radius 3 is 2.67 bits per heavy atom. The van der Waals surface area contributed by atoms with E-state index in [-0.39, 0.29) is 18.7 Å². The summed E-state index contributed by atoms with van der Waals surface area (Å²) in [6, 6.07) is 7.14. The van der Waals surface area contributed by atoms with Crippen molar-refractivity contribution in [3.63, 3.8) is 0 Å². The Morgan fingerprint density at radius 2 is 2.00 bits per heavy atom. The van der Waals surface area contributed by atoms with Crippen molar-refractivity contribution in [1.82, 2.24) is 5.32 Å². The lowest BCUT2D eigenvalue weighted by Crippen LogP contribution is -2.59. The van der Waals surface area contributed by atoms with E-state index in [1.54, 1.807) is 0 Å². The lowest BCUT2D eigenvalue weighted by Gasteiger charge is -2.56. The third-order valence-corrected chi connectivity index (χ3v) is 7.30. The Kier molecular flexibility index (Phi) is 7.92. The Bertz CT molecular complexity index is 855. The first-order valence-electron chi connectivity index (χ1n) is 11.5. The van der Waals surface area contributed by atoms with Crippen LogP contribution in [0.15, 0.2) is 18.2 Å². The molecule has 184 valence electrons. The monoisotopic (exact) mass is 471 g/mol. The summed E-state index contributed by atoms with van der Waals surface area (Å²) < 4.78 is 42.8. The van der Waals surface area contributed by atoms with Crippen LogP contribution in [0.1, 0.15) is 63.5 Å². The maximum absolute atomic E-state index is 11.8. The van der Waals surface area contributed by atoms with Gasteiger partial charge in [0.25, 0.3) is 0 Å². The lowest BCUT2D eigenvalue weighted by molar-refractivity contribution is -0.192. The summed E-state index contributed by atoms with van der Waals surface area (Å²) in [5, 5.41) is 10.9. The average molecular weight is 472 g/mol. The molecule has 33 heavy (non-hydrogen) atoms. The number of fused-ring (bicyclic) bond motifs is 1. The molecule has 0 radical (unpaired) electrons. The molecule has 2 fully saturated rings. The first-order chi connectivity index (χ1) is 15.6. The van der Waals surface area contributed by atoms with Crippen LogP contribution in [0.5, 0.6) is 5.75 Å². The smallest absolute Gasteiger partial charge is 0.475 e. The van der Waals surface area contributed by atoms with E-state index in [9.17, 15) is 18.0 Å². The number of carbonyl (C=O) groups is 2. The number of carbonyl (C=O) groups excluding carboxylic acids is 1. The molecule has 6 nitrogen and oxygen atoms in total. The van der Waals surface area contributed by atoms with Crippen molar-refractivity contribution in [2.24, 2.45) is 11.8 Å². The highest BCUT2D eigenvalue weighted by Crippen LogP contribution is 2.54. The molecule has 0 amide bonds. The zero-order valence-electron chi connectivity index (χ0n) is 19.0. The van der Waals surface area contributed by atoms with Crippen LogP contribution < -0.4 is 10.1 Å². The predicted octanol–water partition coefficient (Wildman–Crippen LogP) is 4.59. The number of esters is 1. The topological polar surface area (TPSA) is 84.9 Å². The van der Waals surface area contributed by atoms with Crippen molar-refractivity contribution in [2.75, 3.05) is 13.3 Å². The standard InChI is InChI=1S/C22H31NO3.C2HF3O2/c1-3-15(2)21(24)26-14-25-17-8-7-16-12-20-18-6-4-5-9-22(18,10-11-23-20)19(16)13-17;3-2(4,5)1(6)7/h7-8,13,15,18,20,23H,3-6,9-12,14H2,1-2H3;(H,6,7)/t15?,18-,20-,22+;/m1./s1. The number of nitrogens with one attached hydrogen (secondary N) is 1. The number of carboxylic acids is 1. The molecule has 1 saturated carbocycles. The third kappa shape index (κ3) is 5.62. The Balaban J connectivity index is 0.000000383. The van der Waals surface area contributed by atoms with Gasteiger partial charge in [-0.15, -0.1) is 0 Å². The minimum absolute atomic E-state index is 0.00255. The predicted molar refractivity (Wildman–Crippen MR) is 115 cm³/mol. The number of ether oxygens (including phenoxy) is 2. The second-order valence-electron chi connectivity index (χ2n) is 9.18. The fourth-order valence-corrected chi connectivity index (χ4v) is 5.46. The van der Waals surface area contributed by atoms with Crippen LogP contribution in [0.2, 0.25) is 0 Å². The molecule has 1 heterocycles. The van der Waals surface area contributed by atoms with Gasteiger partial charge >= 0.3 is 18.1 Å². The molecule has 4 atom stereocenters. The quantitative estimate of drug-likeness (QED) is 0.483. The summed E-state index contributed by atoms with van der Waals surface area (Å²) in [7, 11) is 0. The number of aliphatic carboxylic acids is 1. The Labute approximate surface area is 191 Å². The van der Waals surface area contributed by atoms with E-state index in [4.69, 9.17) is 19.4 Å². The molecule has 1 saturated heterocycles. The number of hydrogen-bond donors (Lipinski definition) is 2. The van der Waals surface area contributed by atoms with Gasteiger partial charge in [0.05, 0.1) is 5.92 Å². The van der Waals surface area contributed by atoms with Crippen LogP contribution in [-0.2, 0) is 26.2 Å². The van der Waals surface area contributed by atoms with E-state index in [0.717, 1.165) is 31.1 Å². The maximum Gasteiger partial charge on any atom is 0.490 e. The number of hydrogen-bond acceptors (Lipinski definition) is 5. The molecular formula is C24H32F3NO5. The molecule has 1 unspecified atom stereocenters. The number of halogens is 3. The highest BCUT2D eigenvalue weighted by atomic mass is 19.4. The zero-order chi connectivity index (χ0) is 24.2. The van der Waals surface area contributed by atoms with Gasteiger partial charge in [-0.05, 0) is 67.8 Å². The minimum atomic E-state index is -5.08. The van der Waals surface area contributed by atoms with E-state index < -0.39 is 12.1 Å². The second kappa shape index (κ2) is 10.3. The minimum Gasteiger partial charge on any atom is -0.475 e. The van der Waals surface area contributed by atoms with Gasteiger partial charge in [0, 0.05) is 11.5 Å². The fraction of sp³-hybridized carbons (Fsp3) is 0.667.